The van der Waals surface area contributed by atoms with Crippen molar-refractivity contribution < 1.29 is 9.84 Å². The predicted octanol–water partition coefficient (Wildman–Crippen LogP) is 3.80. The van der Waals surface area contributed by atoms with Crippen LogP contribution in [-0.2, 0) is 6.54 Å². The van der Waals surface area contributed by atoms with Crippen LogP contribution in [0.1, 0.15) is 30.3 Å². The van der Waals surface area contributed by atoms with Crippen molar-refractivity contribution in [1.29, 1.82) is 0 Å². The van der Waals surface area contributed by atoms with E-state index in [2.05, 4.69) is 52.8 Å². The number of hydrogen-bond acceptors (Lipinski definition) is 4. The van der Waals surface area contributed by atoms with Crippen molar-refractivity contribution in [3.05, 3.63) is 59.9 Å². The largest absolute Gasteiger partial charge is 0.497 e. The molecule has 0 spiro atoms. The second-order valence-electron chi connectivity index (χ2n) is 8.69. The lowest BCUT2D eigenvalue weighted by molar-refractivity contribution is 0.0366. The number of rotatable bonds is 4. The molecule has 1 aromatic heterocycles. The van der Waals surface area contributed by atoms with Crippen LogP contribution in [0.5, 0.6) is 5.75 Å². The lowest BCUT2D eigenvalue weighted by Gasteiger charge is -2.36. The molecule has 2 aliphatic rings. The number of fused-ring (bicyclic) bond motifs is 2. The Balaban J connectivity index is 1.34. The molecule has 0 radical (unpaired) electrons. The maximum Gasteiger partial charge on any atom is 0.119 e. The highest BCUT2D eigenvalue weighted by molar-refractivity contribution is 5.76. The Kier molecular flexibility index (Phi) is 4.80. The summed E-state index contributed by atoms with van der Waals surface area (Å²) < 4.78 is 7.65. The Labute approximate surface area is 171 Å². The first-order valence-corrected chi connectivity index (χ1v) is 10.6. The van der Waals surface area contributed by atoms with Crippen molar-refractivity contribution in [2.45, 2.75) is 38.5 Å². The zero-order valence-corrected chi connectivity index (χ0v) is 17.2. The third-order valence-corrected chi connectivity index (χ3v) is 6.83. The van der Waals surface area contributed by atoms with E-state index in [1.54, 1.807) is 7.11 Å². The van der Waals surface area contributed by atoms with Gasteiger partial charge in [-0.3, -0.25) is 4.90 Å². The standard InChI is InChI=1S/C24H29N3O2/c1-16-25-21-8-3-4-9-22(21)27(16)23-11-18-14-26(15-19(18)12-24(23)28)13-17-6-5-7-20(10-17)29-2/h3-10,18-19,23-24,28H,11-15H2,1-2H3/t18-,19+,23-,24-/m0/s1. The first-order valence-electron chi connectivity index (χ1n) is 10.6. The van der Waals surface area contributed by atoms with Crippen LogP contribution in [0.4, 0.5) is 0 Å². The molecule has 152 valence electrons. The van der Waals surface area contributed by atoms with Crippen molar-refractivity contribution in [3.63, 3.8) is 0 Å². The minimum absolute atomic E-state index is 0.111. The van der Waals surface area contributed by atoms with Gasteiger partial charge in [-0.25, -0.2) is 4.98 Å². The van der Waals surface area contributed by atoms with Crippen molar-refractivity contribution >= 4 is 11.0 Å². The maximum absolute atomic E-state index is 11.0. The minimum Gasteiger partial charge on any atom is -0.497 e. The lowest BCUT2D eigenvalue weighted by atomic mass is 9.77. The van der Waals surface area contributed by atoms with E-state index < -0.39 is 0 Å². The summed E-state index contributed by atoms with van der Waals surface area (Å²) in [5, 5.41) is 11.0. The van der Waals surface area contributed by atoms with E-state index >= 15 is 0 Å². The first kappa shape index (κ1) is 18.6. The van der Waals surface area contributed by atoms with Crippen LogP contribution in [0.2, 0.25) is 0 Å². The van der Waals surface area contributed by atoms with E-state index in [0.29, 0.717) is 11.8 Å². The number of aromatic nitrogens is 2. The van der Waals surface area contributed by atoms with Crippen molar-refractivity contribution in [1.82, 2.24) is 14.5 Å². The highest BCUT2D eigenvalue weighted by atomic mass is 16.5. The summed E-state index contributed by atoms with van der Waals surface area (Å²) in [7, 11) is 1.72. The number of imidazole rings is 1. The SMILES string of the molecule is COc1cccc(CN2C[C@H]3C[C@H](O)[C@@H](n4c(C)nc5ccccc54)C[C@H]3C2)c1. The molecule has 0 amide bonds. The fourth-order valence-electron chi connectivity index (χ4n) is 5.52. The zero-order valence-electron chi connectivity index (χ0n) is 17.2. The van der Waals surface area contributed by atoms with Crippen molar-refractivity contribution in [2.75, 3.05) is 20.2 Å². The van der Waals surface area contributed by atoms with Crippen LogP contribution < -0.4 is 4.74 Å². The molecule has 4 atom stereocenters. The molecule has 0 bridgehead atoms. The number of benzene rings is 2. The minimum atomic E-state index is -0.315. The quantitative estimate of drug-likeness (QED) is 0.735. The van der Waals surface area contributed by atoms with Gasteiger partial charge in [-0.05, 0) is 61.4 Å². The second kappa shape index (κ2) is 7.47. The van der Waals surface area contributed by atoms with E-state index in [4.69, 9.17) is 9.72 Å². The van der Waals surface area contributed by atoms with E-state index in [0.717, 1.165) is 55.1 Å². The highest BCUT2D eigenvalue weighted by Gasteiger charge is 2.42. The molecule has 3 aromatic rings. The molecule has 0 unspecified atom stereocenters. The number of para-hydroxylation sites is 2. The number of likely N-dealkylation sites (tertiary alicyclic amines) is 1. The van der Waals surface area contributed by atoms with Crippen molar-refractivity contribution in [3.8, 4) is 5.75 Å². The molecule has 5 nitrogen and oxygen atoms in total. The highest BCUT2D eigenvalue weighted by Crippen LogP contribution is 2.43. The van der Waals surface area contributed by atoms with Crippen LogP contribution >= 0.6 is 0 Å². The van der Waals surface area contributed by atoms with Gasteiger partial charge in [0.1, 0.15) is 11.6 Å². The number of aryl methyl sites for hydroxylation is 1. The van der Waals surface area contributed by atoms with E-state index in [1.165, 1.54) is 5.56 Å². The Morgan fingerprint density at radius 3 is 2.69 bits per heavy atom. The third kappa shape index (κ3) is 3.43. The van der Waals surface area contributed by atoms with Gasteiger partial charge in [0.05, 0.1) is 30.3 Å². The molecule has 1 saturated heterocycles. The topological polar surface area (TPSA) is 50.5 Å². The average molecular weight is 392 g/mol. The van der Waals surface area contributed by atoms with Gasteiger partial charge in [-0.1, -0.05) is 24.3 Å². The third-order valence-electron chi connectivity index (χ3n) is 6.83. The van der Waals surface area contributed by atoms with Crippen LogP contribution in [0, 0.1) is 18.8 Å². The number of ether oxygens (including phenoxy) is 1. The normalized spacial score (nSPS) is 27.3. The number of nitrogens with zero attached hydrogens (tertiary/aromatic N) is 3. The van der Waals surface area contributed by atoms with Gasteiger partial charge in [0.2, 0.25) is 0 Å². The molecule has 2 heterocycles. The summed E-state index contributed by atoms with van der Waals surface area (Å²) in [6.07, 6.45) is 1.57. The number of aliphatic hydroxyl groups excluding tert-OH is 1. The van der Waals surface area contributed by atoms with Crippen LogP contribution in [0.15, 0.2) is 48.5 Å². The van der Waals surface area contributed by atoms with Gasteiger partial charge < -0.3 is 14.4 Å². The van der Waals surface area contributed by atoms with Gasteiger partial charge in [0.15, 0.2) is 0 Å². The van der Waals surface area contributed by atoms with Gasteiger partial charge in [0, 0.05) is 19.6 Å². The molecule has 1 saturated carbocycles. The Hall–Kier alpha value is -2.37. The lowest BCUT2D eigenvalue weighted by Crippen LogP contribution is -2.36. The summed E-state index contributed by atoms with van der Waals surface area (Å²) >= 11 is 0. The maximum atomic E-state index is 11.0. The first-order chi connectivity index (χ1) is 14.1. The molecule has 1 N–H and O–H groups in total. The molecular weight excluding hydrogens is 362 g/mol. The molecule has 5 heteroatoms. The van der Waals surface area contributed by atoms with E-state index in [-0.39, 0.29) is 12.1 Å². The Morgan fingerprint density at radius 2 is 1.86 bits per heavy atom. The van der Waals surface area contributed by atoms with Crippen LogP contribution in [-0.4, -0.2) is 45.9 Å². The van der Waals surface area contributed by atoms with Gasteiger partial charge in [-0.2, -0.15) is 0 Å². The second-order valence-corrected chi connectivity index (χ2v) is 8.69. The zero-order chi connectivity index (χ0) is 20.0. The summed E-state index contributed by atoms with van der Waals surface area (Å²) in [5.41, 5.74) is 3.45. The molecule has 2 fully saturated rings. The van der Waals surface area contributed by atoms with Gasteiger partial charge in [0.25, 0.3) is 0 Å². The molecule has 1 aliphatic carbocycles. The Bertz CT molecular complexity index is 1010. The fraction of sp³-hybridized carbons (Fsp3) is 0.458. The predicted molar refractivity (Wildman–Crippen MR) is 114 cm³/mol. The molecule has 2 aromatic carbocycles. The summed E-state index contributed by atoms with van der Waals surface area (Å²) in [6.45, 7) is 5.16. The molecule has 29 heavy (non-hydrogen) atoms. The monoisotopic (exact) mass is 391 g/mol. The fourth-order valence-corrected chi connectivity index (χ4v) is 5.52. The molecule has 5 rings (SSSR count). The summed E-state index contributed by atoms with van der Waals surface area (Å²) in [6, 6.07) is 16.7. The summed E-state index contributed by atoms with van der Waals surface area (Å²) in [4.78, 5) is 7.26. The van der Waals surface area contributed by atoms with Crippen LogP contribution in [0.25, 0.3) is 11.0 Å². The number of methoxy groups -OCH3 is 1. The van der Waals surface area contributed by atoms with Crippen molar-refractivity contribution in [2.24, 2.45) is 11.8 Å². The smallest absolute Gasteiger partial charge is 0.119 e. The summed E-state index contributed by atoms with van der Waals surface area (Å²) in [5.74, 6) is 3.11. The molecular formula is C24H29N3O2. The Morgan fingerprint density at radius 1 is 1.07 bits per heavy atom. The average Bonchev–Trinajstić information content (AvgIpc) is 3.26. The van der Waals surface area contributed by atoms with E-state index in [9.17, 15) is 5.11 Å². The van der Waals surface area contributed by atoms with Gasteiger partial charge in [-0.15, -0.1) is 0 Å². The molecule has 1 aliphatic heterocycles. The number of aliphatic hydroxyl groups is 1. The van der Waals surface area contributed by atoms with E-state index in [1.807, 2.05) is 12.1 Å². The number of hydrogen-bond donors (Lipinski definition) is 1. The van der Waals surface area contributed by atoms with Gasteiger partial charge >= 0.3 is 0 Å². The van der Waals surface area contributed by atoms with Crippen LogP contribution in [0.3, 0.4) is 0 Å².